The van der Waals surface area contributed by atoms with Crippen LogP contribution >= 0.6 is 0 Å². The van der Waals surface area contributed by atoms with Crippen molar-refractivity contribution in [3.63, 3.8) is 0 Å². The first-order valence-electron chi connectivity index (χ1n) is 23.9. The molecule has 0 spiro atoms. The van der Waals surface area contributed by atoms with Crippen molar-refractivity contribution in [1.82, 2.24) is 5.32 Å². The van der Waals surface area contributed by atoms with E-state index in [0.717, 1.165) is 64.2 Å². The quantitative estimate of drug-likeness (QED) is 0.0482. The van der Waals surface area contributed by atoms with Crippen molar-refractivity contribution in [3.8, 4) is 0 Å². The Morgan fingerprint density at radius 3 is 1.21 bits per heavy atom. The van der Waals surface area contributed by atoms with Crippen LogP contribution in [0.2, 0.25) is 0 Å². The lowest BCUT2D eigenvalue weighted by Crippen LogP contribution is -2.37. The van der Waals surface area contributed by atoms with Crippen molar-refractivity contribution >= 4 is 11.7 Å². The zero-order chi connectivity index (χ0) is 38.6. The molecule has 0 aromatic carbocycles. The van der Waals surface area contributed by atoms with Gasteiger partial charge in [0.05, 0.1) is 12.6 Å². The Labute approximate surface area is 332 Å². The molecule has 0 saturated heterocycles. The highest BCUT2D eigenvalue weighted by molar-refractivity contribution is 5.78. The molecule has 53 heavy (non-hydrogen) atoms. The van der Waals surface area contributed by atoms with Gasteiger partial charge in [0.15, 0.2) is 0 Å². The molecule has 4 heteroatoms. The molecule has 312 valence electrons. The maximum atomic E-state index is 12.4. The number of nitrogens with one attached hydrogen (secondary N) is 1. The van der Waals surface area contributed by atoms with E-state index in [1.807, 2.05) is 0 Å². The summed E-state index contributed by atoms with van der Waals surface area (Å²) in [6, 6.07) is -0.0821. The molecule has 2 N–H and O–H groups in total. The van der Waals surface area contributed by atoms with E-state index in [0.29, 0.717) is 12.2 Å². The van der Waals surface area contributed by atoms with Crippen LogP contribution in [0.4, 0.5) is 0 Å². The highest BCUT2D eigenvalue weighted by Gasteiger charge is 2.11. The van der Waals surface area contributed by atoms with Crippen LogP contribution < -0.4 is 5.32 Å². The summed E-state index contributed by atoms with van der Waals surface area (Å²) in [7, 11) is 0. The van der Waals surface area contributed by atoms with E-state index in [1.54, 1.807) is 0 Å². The molecule has 0 fully saturated rings. The van der Waals surface area contributed by atoms with Crippen LogP contribution in [0.5, 0.6) is 0 Å². The number of carbonyl (C=O) groups is 2. The lowest BCUT2D eigenvalue weighted by atomic mass is 10.0. The molecule has 0 aliphatic rings. The van der Waals surface area contributed by atoms with Crippen LogP contribution in [0.1, 0.15) is 264 Å². The molecule has 0 aromatic rings. The van der Waals surface area contributed by atoms with Crippen LogP contribution in [-0.2, 0) is 9.59 Å². The molecule has 1 amide bonds. The Balaban J connectivity index is 3.44. The SMILES string of the molecule is CCCCCC=CCC=CCCCCCCCC(=O)CCCCCCCCCCC(=O)N[C@@H](CO)CCCCCCCCCCCCCCCCCC. The summed E-state index contributed by atoms with van der Waals surface area (Å²) in [5.41, 5.74) is 0. The van der Waals surface area contributed by atoms with Gasteiger partial charge in [0.2, 0.25) is 5.91 Å². The first-order valence-corrected chi connectivity index (χ1v) is 23.9. The van der Waals surface area contributed by atoms with Crippen molar-refractivity contribution in [2.24, 2.45) is 0 Å². The van der Waals surface area contributed by atoms with Crippen molar-refractivity contribution in [2.75, 3.05) is 6.61 Å². The Hall–Kier alpha value is -1.42. The second-order valence-electron chi connectivity index (χ2n) is 16.4. The number of amides is 1. The van der Waals surface area contributed by atoms with Gasteiger partial charge >= 0.3 is 0 Å². The molecule has 0 radical (unpaired) electrons. The molecule has 0 unspecified atom stereocenters. The van der Waals surface area contributed by atoms with E-state index >= 15 is 0 Å². The number of hydrogen-bond donors (Lipinski definition) is 2. The maximum absolute atomic E-state index is 12.4. The fraction of sp³-hybridized carbons (Fsp3) is 0.878. The van der Waals surface area contributed by atoms with Gasteiger partial charge in [-0.05, 0) is 57.8 Å². The van der Waals surface area contributed by atoms with Crippen LogP contribution in [0, 0.1) is 0 Å². The van der Waals surface area contributed by atoms with Crippen molar-refractivity contribution < 1.29 is 14.7 Å². The summed E-state index contributed by atoms with van der Waals surface area (Å²) >= 11 is 0. The first kappa shape index (κ1) is 51.6. The predicted molar refractivity (Wildman–Crippen MR) is 234 cm³/mol. The zero-order valence-electron chi connectivity index (χ0n) is 35.9. The molecule has 1 atom stereocenters. The van der Waals surface area contributed by atoms with Crippen LogP contribution in [0.15, 0.2) is 24.3 Å². The Bertz CT molecular complexity index is 806. The molecule has 0 aliphatic heterocycles. The second-order valence-corrected chi connectivity index (χ2v) is 16.4. The summed E-state index contributed by atoms with van der Waals surface area (Å²) < 4.78 is 0. The molecule has 4 nitrogen and oxygen atoms in total. The molecule has 0 aromatic heterocycles. The molecular weight excluding hydrogens is 651 g/mol. The Morgan fingerprint density at radius 2 is 0.774 bits per heavy atom. The Morgan fingerprint density at radius 1 is 0.434 bits per heavy atom. The number of hydrogen-bond acceptors (Lipinski definition) is 3. The van der Waals surface area contributed by atoms with Crippen molar-refractivity contribution in [2.45, 2.75) is 270 Å². The third-order valence-corrected chi connectivity index (χ3v) is 11.0. The molecule has 0 aliphatic carbocycles. The summed E-state index contributed by atoms with van der Waals surface area (Å²) in [5.74, 6) is 0.562. The van der Waals surface area contributed by atoms with E-state index in [-0.39, 0.29) is 18.6 Å². The van der Waals surface area contributed by atoms with E-state index in [9.17, 15) is 14.7 Å². The lowest BCUT2D eigenvalue weighted by Gasteiger charge is -2.16. The largest absolute Gasteiger partial charge is 0.394 e. The second kappa shape index (κ2) is 45.0. The topological polar surface area (TPSA) is 66.4 Å². The molecule has 0 heterocycles. The number of ketones is 1. The van der Waals surface area contributed by atoms with Crippen LogP contribution in [0.3, 0.4) is 0 Å². The van der Waals surface area contributed by atoms with E-state index < -0.39 is 0 Å². The standard InChI is InChI=1S/C49H93NO3/c1-3-5-7-9-11-13-15-17-19-21-22-24-26-30-34-38-42-47(46-51)50-49(53)45-41-37-33-29-28-32-36-40-44-48(52)43-39-35-31-27-25-23-20-18-16-14-12-10-8-6-4-2/h12,14,18,20,47,51H,3-11,13,15-17,19,21-46H2,1-2H3,(H,50,53)/t47-/m1/s1. The highest BCUT2D eigenvalue weighted by atomic mass is 16.3. The lowest BCUT2D eigenvalue weighted by molar-refractivity contribution is -0.122. The molecule has 0 bridgehead atoms. The number of Topliss-reactive ketones (excluding diaryl/α,β-unsaturated/α-hetero) is 1. The minimum absolute atomic E-state index is 0.0479. The van der Waals surface area contributed by atoms with Gasteiger partial charge in [-0.15, -0.1) is 0 Å². The summed E-state index contributed by atoms with van der Waals surface area (Å²) in [4.78, 5) is 24.6. The zero-order valence-corrected chi connectivity index (χ0v) is 35.9. The minimum atomic E-state index is -0.0821. The third kappa shape index (κ3) is 43.2. The number of aliphatic hydroxyl groups is 1. The van der Waals surface area contributed by atoms with Gasteiger partial charge in [-0.25, -0.2) is 0 Å². The maximum Gasteiger partial charge on any atom is 0.220 e. The van der Waals surface area contributed by atoms with Gasteiger partial charge in [-0.1, -0.05) is 212 Å². The van der Waals surface area contributed by atoms with Crippen LogP contribution in [-0.4, -0.2) is 29.4 Å². The fourth-order valence-electron chi connectivity index (χ4n) is 7.37. The fourth-order valence-corrected chi connectivity index (χ4v) is 7.37. The molecule has 0 saturated carbocycles. The van der Waals surface area contributed by atoms with Gasteiger partial charge in [-0.2, -0.15) is 0 Å². The number of aliphatic hydroxyl groups excluding tert-OH is 1. The highest BCUT2D eigenvalue weighted by Crippen LogP contribution is 2.16. The van der Waals surface area contributed by atoms with Gasteiger partial charge in [-0.3, -0.25) is 9.59 Å². The average Bonchev–Trinajstić information content (AvgIpc) is 3.16. The van der Waals surface area contributed by atoms with E-state index in [4.69, 9.17) is 0 Å². The minimum Gasteiger partial charge on any atom is -0.394 e. The Kier molecular flexibility index (Phi) is 43.8. The van der Waals surface area contributed by atoms with Gasteiger partial charge in [0, 0.05) is 19.3 Å². The van der Waals surface area contributed by atoms with Gasteiger partial charge in [0.1, 0.15) is 5.78 Å². The summed E-state index contributed by atoms with van der Waals surface area (Å²) in [5, 5.41) is 12.8. The van der Waals surface area contributed by atoms with Crippen molar-refractivity contribution in [1.29, 1.82) is 0 Å². The molecule has 0 rings (SSSR count). The smallest absolute Gasteiger partial charge is 0.220 e. The van der Waals surface area contributed by atoms with Gasteiger partial charge < -0.3 is 10.4 Å². The van der Waals surface area contributed by atoms with E-state index in [1.165, 1.54) is 180 Å². The number of rotatable bonds is 44. The number of allylic oxidation sites excluding steroid dienone is 4. The monoisotopic (exact) mass is 744 g/mol. The predicted octanol–water partition coefficient (Wildman–Crippen LogP) is 15.4. The number of carbonyl (C=O) groups excluding carboxylic acids is 2. The normalized spacial score (nSPS) is 12.4. The number of unbranched alkanes of at least 4 members (excludes halogenated alkanes) is 30. The third-order valence-electron chi connectivity index (χ3n) is 11.0. The van der Waals surface area contributed by atoms with Gasteiger partial charge in [0.25, 0.3) is 0 Å². The molecular formula is C49H93NO3. The van der Waals surface area contributed by atoms with Crippen LogP contribution in [0.25, 0.3) is 0 Å². The summed E-state index contributed by atoms with van der Waals surface area (Å²) in [6.07, 6.45) is 56.7. The average molecular weight is 744 g/mol. The summed E-state index contributed by atoms with van der Waals surface area (Å²) in [6.45, 7) is 4.59. The van der Waals surface area contributed by atoms with E-state index in [2.05, 4.69) is 43.5 Å². The van der Waals surface area contributed by atoms with Crippen molar-refractivity contribution in [3.05, 3.63) is 24.3 Å². The first-order chi connectivity index (χ1) is 26.1.